The summed E-state index contributed by atoms with van der Waals surface area (Å²) in [4.78, 5) is 4.71. The number of aromatic nitrogens is 1. The average Bonchev–Trinajstić information content (AvgIpc) is 2.72. The lowest BCUT2D eigenvalue weighted by atomic mass is 9.78. The van der Waals surface area contributed by atoms with Crippen LogP contribution in [0.3, 0.4) is 0 Å². The molecule has 0 unspecified atom stereocenters. The predicted molar refractivity (Wildman–Crippen MR) is 112 cm³/mol. The molecule has 3 rings (SSSR count). The maximum atomic E-state index is 4.71. The molecule has 0 saturated heterocycles. The number of unbranched alkanes of at least 4 members (excludes halogenated alkanes) is 1. The molecule has 0 N–H and O–H groups in total. The summed E-state index contributed by atoms with van der Waals surface area (Å²) in [7, 11) is 0. The molecule has 1 saturated carbocycles. The van der Waals surface area contributed by atoms with Crippen molar-refractivity contribution < 1.29 is 0 Å². The second-order valence-corrected chi connectivity index (χ2v) is 8.17. The average molecular weight is 350 g/mol. The number of rotatable bonds is 8. The monoisotopic (exact) mass is 349 g/mol. The van der Waals surface area contributed by atoms with Crippen LogP contribution in [0.1, 0.15) is 76.3 Å². The van der Waals surface area contributed by atoms with E-state index in [1.54, 1.807) is 0 Å². The normalized spacial score (nSPS) is 20.2. The molecular weight excluding hydrogens is 314 g/mol. The molecular formula is C25H35N. The molecule has 1 aliphatic rings. The smallest absolute Gasteiger partial charge is 0.0702 e. The molecule has 2 aromatic rings. The van der Waals surface area contributed by atoms with E-state index in [9.17, 15) is 0 Å². The molecule has 0 bridgehead atoms. The lowest BCUT2D eigenvalue weighted by Crippen LogP contribution is -2.15. The summed E-state index contributed by atoms with van der Waals surface area (Å²) in [6, 6.07) is 13.3. The van der Waals surface area contributed by atoms with E-state index in [-0.39, 0.29) is 0 Å². The van der Waals surface area contributed by atoms with Gasteiger partial charge in [0.05, 0.1) is 5.69 Å². The van der Waals surface area contributed by atoms with Crippen molar-refractivity contribution in [2.75, 3.05) is 0 Å². The molecule has 0 spiro atoms. The Kier molecular flexibility index (Phi) is 7.29. The summed E-state index contributed by atoms with van der Waals surface area (Å²) in [6.07, 6.45) is 15.8. The van der Waals surface area contributed by atoms with E-state index >= 15 is 0 Å². The number of nitrogens with zero attached hydrogens (tertiary/aromatic N) is 1. The van der Waals surface area contributed by atoms with Crippen LogP contribution in [0.25, 0.3) is 11.3 Å². The zero-order valence-corrected chi connectivity index (χ0v) is 16.7. The van der Waals surface area contributed by atoms with Crippen molar-refractivity contribution in [1.82, 2.24) is 4.98 Å². The summed E-state index contributed by atoms with van der Waals surface area (Å²) >= 11 is 0. The number of benzene rings is 1. The molecule has 1 heterocycles. The second kappa shape index (κ2) is 9.90. The van der Waals surface area contributed by atoms with Crippen molar-refractivity contribution in [3.8, 4) is 11.3 Å². The highest BCUT2D eigenvalue weighted by atomic mass is 14.7. The minimum absolute atomic E-state index is 0.939. The molecule has 0 radical (unpaired) electrons. The summed E-state index contributed by atoms with van der Waals surface area (Å²) in [5.41, 5.74) is 5.09. The predicted octanol–water partition coefficient (Wildman–Crippen LogP) is 7.24. The number of hydrogen-bond acceptors (Lipinski definition) is 1. The van der Waals surface area contributed by atoms with Crippen molar-refractivity contribution in [1.29, 1.82) is 0 Å². The Balaban J connectivity index is 1.46. The zero-order valence-electron chi connectivity index (χ0n) is 16.7. The molecule has 0 amide bonds. The standard InChI is InChI=1S/C25H35N/c1-3-5-6-21-7-9-22(10-8-21)11-12-23-15-18-25(26-19-23)24-16-13-20(4-2)14-17-24/h13-19,21-22H,3-12H2,1-2H3. The fourth-order valence-corrected chi connectivity index (χ4v) is 4.33. The van der Waals surface area contributed by atoms with Crippen LogP contribution in [0.2, 0.25) is 0 Å². The number of pyridine rings is 1. The summed E-state index contributed by atoms with van der Waals surface area (Å²) < 4.78 is 0. The zero-order chi connectivity index (χ0) is 18.2. The molecule has 1 aliphatic carbocycles. The van der Waals surface area contributed by atoms with Crippen LogP contribution < -0.4 is 0 Å². The second-order valence-electron chi connectivity index (χ2n) is 8.17. The Hall–Kier alpha value is -1.63. The molecule has 1 heteroatoms. The van der Waals surface area contributed by atoms with Crippen molar-refractivity contribution in [3.05, 3.63) is 53.7 Å². The quantitative estimate of drug-likeness (QED) is 0.489. The van der Waals surface area contributed by atoms with E-state index < -0.39 is 0 Å². The van der Waals surface area contributed by atoms with E-state index in [0.29, 0.717) is 0 Å². The van der Waals surface area contributed by atoms with Gasteiger partial charge in [-0.1, -0.05) is 89.1 Å². The van der Waals surface area contributed by atoms with Gasteiger partial charge in [0.15, 0.2) is 0 Å². The first-order chi connectivity index (χ1) is 12.8. The third-order valence-electron chi connectivity index (χ3n) is 6.26. The maximum absolute atomic E-state index is 4.71. The Morgan fingerprint density at radius 1 is 0.808 bits per heavy atom. The molecule has 1 aromatic carbocycles. The molecule has 1 fully saturated rings. The lowest BCUT2D eigenvalue weighted by Gasteiger charge is -2.28. The van der Waals surface area contributed by atoms with Gasteiger partial charge < -0.3 is 0 Å². The number of hydrogen-bond donors (Lipinski definition) is 0. The Bertz CT molecular complexity index is 633. The van der Waals surface area contributed by atoms with Gasteiger partial charge in [-0.05, 0) is 48.3 Å². The molecule has 1 nitrogen and oxygen atoms in total. The van der Waals surface area contributed by atoms with Crippen molar-refractivity contribution >= 4 is 0 Å². The van der Waals surface area contributed by atoms with E-state index in [2.05, 4.69) is 56.4 Å². The topological polar surface area (TPSA) is 12.9 Å². The first-order valence-corrected chi connectivity index (χ1v) is 10.8. The summed E-state index contributed by atoms with van der Waals surface area (Å²) in [6.45, 7) is 4.50. The largest absolute Gasteiger partial charge is 0.256 e. The first kappa shape index (κ1) is 19.1. The summed E-state index contributed by atoms with van der Waals surface area (Å²) in [5, 5.41) is 0. The third-order valence-corrected chi connectivity index (χ3v) is 6.26. The van der Waals surface area contributed by atoms with Crippen LogP contribution >= 0.6 is 0 Å². The molecule has 140 valence electrons. The van der Waals surface area contributed by atoms with E-state index in [0.717, 1.165) is 24.0 Å². The Morgan fingerprint density at radius 3 is 2.04 bits per heavy atom. The van der Waals surface area contributed by atoms with Gasteiger partial charge in [-0.15, -0.1) is 0 Å². The maximum Gasteiger partial charge on any atom is 0.0702 e. The molecule has 1 aromatic heterocycles. The highest BCUT2D eigenvalue weighted by Crippen LogP contribution is 2.34. The summed E-state index contributed by atoms with van der Waals surface area (Å²) in [5.74, 6) is 1.96. The van der Waals surface area contributed by atoms with Crippen molar-refractivity contribution in [3.63, 3.8) is 0 Å². The van der Waals surface area contributed by atoms with Gasteiger partial charge in [-0.25, -0.2) is 0 Å². The van der Waals surface area contributed by atoms with Gasteiger partial charge in [0.1, 0.15) is 0 Å². The molecule has 26 heavy (non-hydrogen) atoms. The van der Waals surface area contributed by atoms with Gasteiger partial charge in [0.25, 0.3) is 0 Å². The van der Waals surface area contributed by atoms with Gasteiger partial charge in [-0.2, -0.15) is 0 Å². The fraction of sp³-hybridized carbons (Fsp3) is 0.560. The molecule has 0 aliphatic heterocycles. The number of aryl methyl sites for hydroxylation is 2. The van der Waals surface area contributed by atoms with E-state index in [1.807, 2.05) is 0 Å². The van der Waals surface area contributed by atoms with Gasteiger partial charge in [-0.3, -0.25) is 4.98 Å². The van der Waals surface area contributed by atoms with Crippen molar-refractivity contribution in [2.45, 2.75) is 78.1 Å². The SMILES string of the molecule is CCCCC1CCC(CCc2ccc(-c3ccc(CC)cc3)nc2)CC1. The van der Waals surface area contributed by atoms with E-state index in [1.165, 1.54) is 74.5 Å². The Labute approximate surface area is 160 Å². The van der Waals surface area contributed by atoms with Crippen LogP contribution in [-0.2, 0) is 12.8 Å². The van der Waals surface area contributed by atoms with Crippen molar-refractivity contribution in [2.24, 2.45) is 11.8 Å². The third kappa shape index (κ3) is 5.43. The fourth-order valence-electron chi connectivity index (χ4n) is 4.33. The van der Waals surface area contributed by atoms with Gasteiger partial charge in [0.2, 0.25) is 0 Å². The highest BCUT2D eigenvalue weighted by molar-refractivity contribution is 5.59. The first-order valence-electron chi connectivity index (χ1n) is 10.8. The highest BCUT2D eigenvalue weighted by Gasteiger charge is 2.20. The van der Waals surface area contributed by atoms with Gasteiger partial charge >= 0.3 is 0 Å². The van der Waals surface area contributed by atoms with Crippen LogP contribution in [0.5, 0.6) is 0 Å². The van der Waals surface area contributed by atoms with Crippen LogP contribution in [0, 0.1) is 11.8 Å². The van der Waals surface area contributed by atoms with Crippen LogP contribution in [0.4, 0.5) is 0 Å². The minimum atomic E-state index is 0.939. The van der Waals surface area contributed by atoms with Gasteiger partial charge in [0, 0.05) is 11.8 Å². The van der Waals surface area contributed by atoms with Crippen LogP contribution in [0.15, 0.2) is 42.6 Å². The molecule has 0 atom stereocenters. The van der Waals surface area contributed by atoms with E-state index in [4.69, 9.17) is 4.98 Å². The Morgan fingerprint density at radius 2 is 1.46 bits per heavy atom. The van der Waals surface area contributed by atoms with Crippen LogP contribution in [-0.4, -0.2) is 4.98 Å². The lowest BCUT2D eigenvalue weighted by molar-refractivity contribution is 0.250. The minimum Gasteiger partial charge on any atom is -0.256 e.